The number of fused-ring (bicyclic) bond motifs is 2. The van der Waals surface area contributed by atoms with Gasteiger partial charge in [0.15, 0.2) is 0 Å². The van der Waals surface area contributed by atoms with E-state index in [0.717, 1.165) is 5.92 Å². The fraction of sp³-hybridized carbons (Fsp3) is 0.500. The van der Waals surface area contributed by atoms with Crippen LogP contribution in [0.1, 0.15) is 25.3 Å². The number of rotatable bonds is 3. The van der Waals surface area contributed by atoms with Gasteiger partial charge in [-0.15, -0.1) is 0 Å². The van der Waals surface area contributed by atoms with E-state index in [1.165, 1.54) is 48.8 Å². The summed E-state index contributed by atoms with van der Waals surface area (Å²) in [5.74, 6) is 1.00. The molecule has 94 valence electrons. The lowest BCUT2D eigenvalue weighted by Crippen LogP contribution is -2.33. The predicted molar refractivity (Wildman–Crippen MR) is 74.7 cm³/mol. The van der Waals surface area contributed by atoms with Gasteiger partial charge in [-0.25, -0.2) is 0 Å². The molecule has 2 atom stereocenters. The molecule has 1 saturated carbocycles. The smallest absolute Gasteiger partial charge is 0.0456 e. The first-order valence-electron chi connectivity index (χ1n) is 7.07. The second-order valence-electron chi connectivity index (χ2n) is 6.14. The molecule has 2 heteroatoms. The van der Waals surface area contributed by atoms with E-state index in [-0.39, 0.29) is 0 Å². The van der Waals surface area contributed by atoms with Gasteiger partial charge in [0.2, 0.25) is 0 Å². The van der Waals surface area contributed by atoms with Gasteiger partial charge in [0.05, 0.1) is 0 Å². The number of hydrogen-bond acceptors (Lipinski definition) is 1. The van der Waals surface area contributed by atoms with Crippen LogP contribution in [-0.4, -0.2) is 28.5 Å². The fourth-order valence-corrected chi connectivity index (χ4v) is 3.77. The first-order chi connectivity index (χ1) is 8.77. The number of H-pyrrole nitrogens is 1. The minimum absolute atomic E-state index is 0.562. The van der Waals surface area contributed by atoms with E-state index in [0.29, 0.717) is 5.54 Å². The lowest BCUT2D eigenvalue weighted by Gasteiger charge is -2.24. The number of piperidine rings is 1. The van der Waals surface area contributed by atoms with Crippen molar-refractivity contribution in [2.45, 2.75) is 31.7 Å². The Bertz CT molecular complexity index is 584. The Labute approximate surface area is 108 Å². The number of aromatic nitrogens is 1. The Morgan fingerprint density at radius 2 is 2.28 bits per heavy atom. The van der Waals surface area contributed by atoms with Gasteiger partial charge in [-0.05, 0) is 50.3 Å². The van der Waals surface area contributed by atoms with Gasteiger partial charge in [-0.1, -0.05) is 18.2 Å². The van der Waals surface area contributed by atoms with Crippen LogP contribution in [0.25, 0.3) is 10.9 Å². The summed E-state index contributed by atoms with van der Waals surface area (Å²) in [4.78, 5) is 6.08. The molecule has 1 aliphatic heterocycles. The largest absolute Gasteiger partial charge is 0.361 e. The average molecular weight is 240 g/mol. The molecular weight excluding hydrogens is 220 g/mol. The zero-order valence-electron chi connectivity index (χ0n) is 10.9. The van der Waals surface area contributed by atoms with Crippen molar-refractivity contribution in [1.29, 1.82) is 0 Å². The molecule has 1 aliphatic carbocycles. The van der Waals surface area contributed by atoms with Gasteiger partial charge >= 0.3 is 0 Å². The molecule has 2 heterocycles. The second kappa shape index (κ2) is 3.61. The number of benzene rings is 1. The highest BCUT2D eigenvalue weighted by atomic mass is 15.3. The summed E-state index contributed by atoms with van der Waals surface area (Å²) in [5, 5.41) is 1.40. The van der Waals surface area contributed by atoms with Crippen molar-refractivity contribution in [2.75, 3.05) is 13.1 Å². The van der Waals surface area contributed by atoms with Crippen LogP contribution >= 0.6 is 0 Å². The molecule has 2 aliphatic rings. The van der Waals surface area contributed by atoms with Gasteiger partial charge in [0.1, 0.15) is 0 Å². The summed E-state index contributed by atoms with van der Waals surface area (Å²) in [5.41, 5.74) is 3.30. The lowest BCUT2D eigenvalue weighted by molar-refractivity contribution is 0.229. The van der Waals surface area contributed by atoms with Crippen molar-refractivity contribution in [1.82, 2.24) is 9.88 Å². The Kier molecular flexibility index (Phi) is 2.13. The third-order valence-electron chi connectivity index (χ3n) is 5.17. The van der Waals surface area contributed by atoms with E-state index >= 15 is 0 Å². The first kappa shape index (κ1) is 10.6. The molecule has 2 nitrogen and oxygen atoms in total. The molecule has 0 amide bonds. The van der Waals surface area contributed by atoms with Crippen LogP contribution in [0.2, 0.25) is 0 Å². The van der Waals surface area contributed by atoms with Crippen LogP contribution in [0.5, 0.6) is 0 Å². The third kappa shape index (κ3) is 1.45. The van der Waals surface area contributed by atoms with Crippen molar-refractivity contribution in [2.24, 2.45) is 5.92 Å². The van der Waals surface area contributed by atoms with Crippen LogP contribution < -0.4 is 0 Å². The third-order valence-corrected chi connectivity index (χ3v) is 5.17. The molecule has 0 bridgehead atoms. The van der Waals surface area contributed by atoms with Gasteiger partial charge in [-0.2, -0.15) is 0 Å². The molecule has 2 fully saturated rings. The summed E-state index contributed by atoms with van der Waals surface area (Å²) >= 11 is 0. The standard InChI is InChI=1S/C16H20N2/c1-16-10-13(16)7-9-18(16)8-6-12-11-17-15-5-3-2-4-14(12)15/h2-5,11,13,17H,6-10H2,1H3/t13?,16-/m0/s1. The van der Waals surface area contributed by atoms with Crippen LogP contribution in [0.15, 0.2) is 30.5 Å². The van der Waals surface area contributed by atoms with Crippen molar-refractivity contribution in [3.8, 4) is 0 Å². The summed E-state index contributed by atoms with van der Waals surface area (Å²) in [6.07, 6.45) is 6.21. The summed E-state index contributed by atoms with van der Waals surface area (Å²) in [7, 11) is 0. The molecule has 1 aromatic heterocycles. The Hall–Kier alpha value is -1.28. The minimum Gasteiger partial charge on any atom is -0.361 e. The van der Waals surface area contributed by atoms with E-state index < -0.39 is 0 Å². The number of nitrogens with zero attached hydrogens (tertiary/aromatic N) is 1. The highest BCUT2D eigenvalue weighted by Crippen LogP contribution is 2.55. The molecule has 18 heavy (non-hydrogen) atoms. The lowest BCUT2D eigenvalue weighted by atomic mass is 10.1. The normalized spacial score (nSPS) is 30.8. The molecule has 0 radical (unpaired) electrons. The van der Waals surface area contributed by atoms with Gasteiger partial charge < -0.3 is 4.98 Å². The number of aromatic amines is 1. The Balaban J connectivity index is 1.52. The van der Waals surface area contributed by atoms with E-state index in [9.17, 15) is 0 Å². The zero-order chi connectivity index (χ0) is 12.2. The molecule has 1 aromatic carbocycles. The molecule has 1 unspecified atom stereocenters. The van der Waals surface area contributed by atoms with E-state index in [1.54, 1.807) is 0 Å². The van der Waals surface area contributed by atoms with Crippen LogP contribution in [0.4, 0.5) is 0 Å². The van der Waals surface area contributed by atoms with Crippen LogP contribution in [0.3, 0.4) is 0 Å². The number of nitrogens with one attached hydrogen (secondary N) is 1. The second-order valence-corrected chi connectivity index (χ2v) is 6.14. The SMILES string of the molecule is C[C@]12CC1CCN2CCc1c[nH]c2ccccc12. The average Bonchev–Trinajstić information content (AvgIpc) is 2.77. The fourth-order valence-electron chi connectivity index (χ4n) is 3.77. The Morgan fingerprint density at radius 3 is 3.06 bits per heavy atom. The highest BCUT2D eigenvalue weighted by Gasteiger charge is 2.57. The summed E-state index contributed by atoms with van der Waals surface area (Å²) in [6, 6.07) is 8.62. The molecule has 1 saturated heterocycles. The maximum absolute atomic E-state index is 3.38. The van der Waals surface area contributed by atoms with Crippen molar-refractivity contribution >= 4 is 10.9 Å². The van der Waals surface area contributed by atoms with Gasteiger partial charge in [0, 0.05) is 29.2 Å². The molecule has 4 rings (SSSR count). The summed E-state index contributed by atoms with van der Waals surface area (Å²) < 4.78 is 0. The van der Waals surface area contributed by atoms with E-state index in [4.69, 9.17) is 0 Å². The molecular formula is C16H20N2. The Morgan fingerprint density at radius 1 is 1.39 bits per heavy atom. The minimum atomic E-state index is 0.562. The zero-order valence-corrected chi connectivity index (χ0v) is 10.9. The van der Waals surface area contributed by atoms with Crippen molar-refractivity contribution in [3.05, 3.63) is 36.0 Å². The number of para-hydroxylation sites is 1. The summed E-state index contributed by atoms with van der Waals surface area (Å²) in [6.45, 7) is 4.97. The van der Waals surface area contributed by atoms with Crippen molar-refractivity contribution < 1.29 is 0 Å². The monoisotopic (exact) mass is 240 g/mol. The van der Waals surface area contributed by atoms with Gasteiger partial charge in [-0.3, -0.25) is 4.90 Å². The van der Waals surface area contributed by atoms with Crippen LogP contribution in [-0.2, 0) is 6.42 Å². The van der Waals surface area contributed by atoms with E-state index in [1.807, 2.05) is 0 Å². The van der Waals surface area contributed by atoms with Gasteiger partial charge in [0.25, 0.3) is 0 Å². The van der Waals surface area contributed by atoms with Crippen molar-refractivity contribution in [3.63, 3.8) is 0 Å². The highest BCUT2D eigenvalue weighted by molar-refractivity contribution is 5.83. The topological polar surface area (TPSA) is 19.0 Å². The number of hydrogen-bond donors (Lipinski definition) is 1. The molecule has 0 spiro atoms. The maximum atomic E-state index is 3.38. The molecule has 1 N–H and O–H groups in total. The first-order valence-corrected chi connectivity index (χ1v) is 7.07. The quantitative estimate of drug-likeness (QED) is 0.873. The number of likely N-dealkylation sites (tertiary alicyclic amines) is 1. The molecule has 2 aromatic rings. The predicted octanol–water partition coefficient (Wildman–Crippen LogP) is 3.19. The maximum Gasteiger partial charge on any atom is 0.0456 e. The van der Waals surface area contributed by atoms with Crippen LogP contribution in [0, 0.1) is 5.92 Å². The van der Waals surface area contributed by atoms with E-state index in [2.05, 4.69) is 47.3 Å².